The Hall–Kier alpha value is -0.810. The zero-order chi connectivity index (χ0) is 19.2. The summed E-state index contributed by atoms with van der Waals surface area (Å²) in [6.07, 6.45) is 0.857. The highest BCUT2D eigenvalue weighted by Gasteiger charge is 2.23. The van der Waals surface area contributed by atoms with Gasteiger partial charge in [0.15, 0.2) is 0 Å². The summed E-state index contributed by atoms with van der Waals surface area (Å²) in [5.41, 5.74) is 1.45. The number of halogens is 1. The molecule has 1 aromatic rings. The highest BCUT2D eigenvalue weighted by Crippen LogP contribution is 2.24. The summed E-state index contributed by atoms with van der Waals surface area (Å²) in [6.45, 7) is 15.4. The first-order chi connectivity index (χ1) is 12.2. The van der Waals surface area contributed by atoms with Crippen molar-refractivity contribution in [1.82, 2.24) is 4.90 Å². The number of piperidine rings is 1. The Bertz CT molecular complexity index is 519. The van der Waals surface area contributed by atoms with Crippen LogP contribution >= 0.6 is 12.4 Å². The lowest BCUT2D eigenvalue weighted by Crippen LogP contribution is -2.43. The van der Waals surface area contributed by atoms with Crippen molar-refractivity contribution in [3.8, 4) is 5.75 Å². The van der Waals surface area contributed by atoms with Crippen molar-refractivity contribution < 1.29 is 14.6 Å². The number of hydrogen-bond donors (Lipinski definition) is 1. The van der Waals surface area contributed by atoms with E-state index in [0.717, 1.165) is 18.8 Å². The normalized spacial score (nSPS) is 22.1. The van der Waals surface area contributed by atoms with Gasteiger partial charge in [-0.1, -0.05) is 46.8 Å². The fraction of sp³-hybridized carbons (Fsp3) is 0.727. The quantitative estimate of drug-likeness (QED) is 0.667. The second kappa shape index (κ2) is 11.3. The van der Waals surface area contributed by atoms with E-state index in [1.165, 1.54) is 12.0 Å². The van der Waals surface area contributed by atoms with Crippen LogP contribution < -0.4 is 4.74 Å². The van der Waals surface area contributed by atoms with Gasteiger partial charge < -0.3 is 19.5 Å². The summed E-state index contributed by atoms with van der Waals surface area (Å²) >= 11 is 0. The Morgan fingerprint density at radius 2 is 1.67 bits per heavy atom. The molecule has 0 amide bonds. The topological polar surface area (TPSA) is 41.9 Å². The Morgan fingerprint density at radius 1 is 1.07 bits per heavy atom. The summed E-state index contributed by atoms with van der Waals surface area (Å²) in [5.74, 6) is 2.29. The number of nitrogens with zero attached hydrogens (tertiary/aromatic N) is 1. The van der Waals surface area contributed by atoms with Crippen LogP contribution in [0.4, 0.5) is 0 Å². The SMILES string of the molecule is CC1CC(C)CN(CC(O)COCCOc2ccc(C(C)(C)C)cc2)C1.Cl. The first-order valence-electron chi connectivity index (χ1n) is 9.95. The number of aliphatic hydroxyl groups excluding tert-OH is 1. The number of β-amino-alcohol motifs (C(OH)–C–C–N with tert-alkyl or cyclic N) is 1. The summed E-state index contributed by atoms with van der Waals surface area (Å²) in [6, 6.07) is 8.24. The molecule has 1 N–H and O–H groups in total. The van der Waals surface area contributed by atoms with Crippen LogP contribution in [0.2, 0.25) is 0 Å². The monoisotopic (exact) mass is 399 g/mol. The van der Waals surface area contributed by atoms with Gasteiger partial charge in [0, 0.05) is 19.6 Å². The second-order valence-electron chi connectivity index (χ2n) is 9.02. The van der Waals surface area contributed by atoms with Crippen LogP contribution in [0.3, 0.4) is 0 Å². The molecule has 0 aliphatic carbocycles. The number of likely N-dealkylation sites (tertiary alicyclic amines) is 1. The van der Waals surface area contributed by atoms with Crippen LogP contribution in [0, 0.1) is 11.8 Å². The maximum absolute atomic E-state index is 10.2. The van der Waals surface area contributed by atoms with Crippen LogP contribution in [-0.4, -0.2) is 55.6 Å². The van der Waals surface area contributed by atoms with Crippen LogP contribution in [0.15, 0.2) is 24.3 Å². The Labute approximate surface area is 171 Å². The molecule has 1 aromatic carbocycles. The maximum Gasteiger partial charge on any atom is 0.119 e. The third kappa shape index (κ3) is 8.82. The molecule has 0 radical (unpaired) electrons. The second-order valence-corrected chi connectivity index (χ2v) is 9.02. The first kappa shape index (κ1) is 24.2. The fourth-order valence-corrected chi connectivity index (χ4v) is 3.78. The highest BCUT2D eigenvalue weighted by atomic mass is 35.5. The largest absolute Gasteiger partial charge is 0.491 e. The third-order valence-electron chi connectivity index (χ3n) is 4.94. The Balaban J connectivity index is 0.00000364. The molecule has 4 nitrogen and oxygen atoms in total. The van der Waals surface area contributed by atoms with Crippen LogP contribution in [-0.2, 0) is 10.2 Å². The van der Waals surface area contributed by atoms with Gasteiger partial charge in [0.1, 0.15) is 12.4 Å². The molecule has 156 valence electrons. The summed E-state index contributed by atoms with van der Waals surface area (Å²) in [4.78, 5) is 2.36. The molecule has 1 aliphatic heterocycles. The minimum Gasteiger partial charge on any atom is -0.491 e. The van der Waals surface area contributed by atoms with Crippen molar-refractivity contribution >= 4 is 12.4 Å². The molecule has 0 bridgehead atoms. The van der Waals surface area contributed by atoms with Crippen molar-refractivity contribution in [2.24, 2.45) is 11.8 Å². The maximum atomic E-state index is 10.2. The molecule has 27 heavy (non-hydrogen) atoms. The van der Waals surface area contributed by atoms with E-state index < -0.39 is 6.10 Å². The van der Waals surface area contributed by atoms with E-state index in [1.807, 2.05) is 12.1 Å². The molecule has 1 aliphatic rings. The highest BCUT2D eigenvalue weighted by molar-refractivity contribution is 5.85. The van der Waals surface area contributed by atoms with E-state index in [9.17, 15) is 5.11 Å². The lowest BCUT2D eigenvalue weighted by atomic mass is 9.87. The van der Waals surface area contributed by atoms with E-state index in [4.69, 9.17) is 9.47 Å². The number of ether oxygens (including phenoxy) is 2. The summed E-state index contributed by atoms with van der Waals surface area (Å²) in [7, 11) is 0. The summed E-state index contributed by atoms with van der Waals surface area (Å²) < 4.78 is 11.3. The minimum absolute atomic E-state index is 0. The zero-order valence-corrected chi connectivity index (χ0v) is 18.4. The predicted octanol–water partition coefficient (Wildman–Crippen LogP) is 4.14. The standard InChI is InChI=1S/C22H37NO3.ClH/c1-17-12-18(2)14-23(13-17)15-20(24)16-25-10-11-26-21-8-6-19(7-9-21)22(3,4)5;/h6-9,17-18,20,24H,10-16H2,1-5H3;1H. The van der Waals surface area contributed by atoms with Gasteiger partial charge in [0.2, 0.25) is 0 Å². The average molecular weight is 400 g/mol. The van der Waals surface area contributed by atoms with Crippen LogP contribution in [0.1, 0.15) is 46.6 Å². The minimum atomic E-state index is -0.432. The van der Waals surface area contributed by atoms with Crippen molar-refractivity contribution in [1.29, 1.82) is 0 Å². The summed E-state index contributed by atoms with van der Waals surface area (Å²) in [5, 5.41) is 10.2. The molecule has 1 saturated heterocycles. The van der Waals surface area contributed by atoms with E-state index in [-0.39, 0.29) is 17.8 Å². The lowest BCUT2D eigenvalue weighted by molar-refractivity contribution is -0.00211. The number of hydrogen-bond acceptors (Lipinski definition) is 4. The molecule has 3 atom stereocenters. The van der Waals surface area contributed by atoms with Gasteiger partial charge in [0.25, 0.3) is 0 Å². The Kier molecular flexibility index (Phi) is 10.1. The van der Waals surface area contributed by atoms with Gasteiger partial charge in [-0.25, -0.2) is 0 Å². The molecular formula is C22H38ClNO3. The molecule has 0 spiro atoms. The first-order valence-corrected chi connectivity index (χ1v) is 9.95. The molecule has 3 unspecified atom stereocenters. The number of aliphatic hydroxyl groups is 1. The fourth-order valence-electron chi connectivity index (χ4n) is 3.78. The van der Waals surface area contributed by atoms with E-state index in [0.29, 0.717) is 38.2 Å². The Morgan fingerprint density at radius 3 is 2.22 bits per heavy atom. The number of benzene rings is 1. The van der Waals surface area contributed by atoms with Crippen LogP contribution in [0.25, 0.3) is 0 Å². The van der Waals surface area contributed by atoms with Crippen molar-refractivity contribution in [2.75, 3.05) is 39.5 Å². The van der Waals surface area contributed by atoms with Gasteiger partial charge >= 0.3 is 0 Å². The van der Waals surface area contributed by atoms with Crippen LogP contribution in [0.5, 0.6) is 5.75 Å². The van der Waals surface area contributed by atoms with Gasteiger partial charge in [-0.05, 0) is 41.4 Å². The third-order valence-corrected chi connectivity index (χ3v) is 4.94. The molecule has 1 heterocycles. The smallest absolute Gasteiger partial charge is 0.119 e. The van der Waals surface area contributed by atoms with E-state index >= 15 is 0 Å². The van der Waals surface area contributed by atoms with Gasteiger partial charge in [-0.3, -0.25) is 0 Å². The molecule has 5 heteroatoms. The molecule has 0 aromatic heterocycles. The van der Waals surface area contributed by atoms with Crippen molar-refractivity contribution in [3.63, 3.8) is 0 Å². The van der Waals surface area contributed by atoms with E-state index in [1.54, 1.807) is 0 Å². The molecule has 2 rings (SSSR count). The average Bonchev–Trinajstić information content (AvgIpc) is 2.53. The molecule has 0 saturated carbocycles. The van der Waals surface area contributed by atoms with Crippen molar-refractivity contribution in [2.45, 2.75) is 52.6 Å². The zero-order valence-electron chi connectivity index (χ0n) is 17.6. The number of rotatable bonds is 8. The lowest BCUT2D eigenvalue weighted by Gasteiger charge is -2.35. The molecule has 1 fully saturated rings. The molecular weight excluding hydrogens is 362 g/mol. The van der Waals surface area contributed by atoms with Crippen molar-refractivity contribution in [3.05, 3.63) is 29.8 Å². The van der Waals surface area contributed by atoms with Gasteiger partial charge in [-0.2, -0.15) is 0 Å². The predicted molar refractivity (Wildman–Crippen MR) is 114 cm³/mol. The van der Waals surface area contributed by atoms with Gasteiger partial charge in [0.05, 0.1) is 19.3 Å². The van der Waals surface area contributed by atoms with E-state index in [2.05, 4.69) is 51.7 Å². The van der Waals surface area contributed by atoms with Gasteiger partial charge in [-0.15, -0.1) is 12.4 Å².